The molecule has 0 bridgehead atoms. The maximum atomic E-state index is 12.0. The largest absolute Gasteiger partial charge is 0.465 e. The number of nitriles is 1. The van der Waals surface area contributed by atoms with E-state index >= 15 is 0 Å². The number of likely N-dealkylation sites (tertiary alicyclic amines) is 1. The molecule has 1 aliphatic rings. The molecule has 2 aromatic rings. The monoisotopic (exact) mass is 410 g/mol. The van der Waals surface area contributed by atoms with Crippen molar-refractivity contribution in [1.82, 2.24) is 14.7 Å². The molecule has 30 heavy (non-hydrogen) atoms. The zero-order valence-corrected chi connectivity index (χ0v) is 17.2. The lowest BCUT2D eigenvalue weighted by Gasteiger charge is -2.47. The number of nitrogens with zero attached hydrogens (tertiary/aromatic N) is 4. The minimum Gasteiger partial charge on any atom is -0.465 e. The molecule has 1 aromatic heterocycles. The van der Waals surface area contributed by atoms with Gasteiger partial charge < -0.3 is 21.1 Å². The minimum absolute atomic E-state index is 0.212. The number of rotatable bonds is 4. The summed E-state index contributed by atoms with van der Waals surface area (Å²) in [5, 5.41) is 27.2. The number of hydrogen-bond acceptors (Lipinski definition) is 5. The third-order valence-corrected chi connectivity index (χ3v) is 5.41. The van der Waals surface area contributed by atoms with E-state index in [0.717, 1.165) is 5.69 Å². The molecule has 1 aromatic carbocycles. The maximum absolute atomic E-state index is 12.0. The number of carbonyl (C=O) groups is 2. The molecule has 1 aliphatic heterocycles. The Hall–Kier alpha value is -3.54. The third-order valence-electron chi connectivity index (χ3n) is 5.41. The topological polar surface area (TPSA) is 137 Å². The Labute approximate surface area is 175 Å². The van der Waals surface area contributed by atoms with Crippen LogP contribution in [0.15, 0.2) is 36.5 Å². The number of primary amides is 1. The van der Waals surface area contributed by atoms with Gasteiger partial charge >= 0.3 is 6.09 Å². The number of piperidine rings is 1. The number of hydrogen-bond donors (Lipinski definition) is 3. The van der Waals surface area contributed by atoms with Gasteiger partial charge in [0, 0.05) is 18.4 Å². The number of carbonyl (C=O) groups excluding carboxylic acids is 1. The van der Waals surface area contributed by atoms with Crippen molar-refractivity contribution in [2.24, 2.45) is 17.1 Å². The predicted molar refractivity (Wildman–Crippen MR) is 111 cm³/mol. The first kappa shape index (κ1) is 21.2. The Bertz CT molecular complexity index is 973. The highest BCUT2D eigenvalue weighted by Gasteiger charge is 2.47. The predicted octanol–water partition coefficient (Wildman–Crippen LogP) is 3.20. The molecule has 1 fully saturated rings. The van der Waals surface area contributed by atoms with Crippen LogP contribution in [0, 0.1) is 22.7 Å². The molecule has 9 heteroatoms. The molecule has 2 amide bonds. The number of amides is 2. The Morgan fingerprint density at radius 2 is 1.97 bits per heavy atom. The lowest BCUT2D eigenvalue weighted by atomic mass is 9.72. The summed E-state index contributed by atoms with van der Waals surface area (Å²) in [7, 11) is 0. The molecule has 0 aliphatic carbocycles. The molecule has 0 radical (unpaired) electrons. The first-order valence-electron chi connectivity index (χ1n) is 9.73. The fourth-order valence-electron chi connectivity index (χ4n) is 4.16. The van der Waals surface area contributed by atoms with Crippen LogP contribution in [0.3, 0.4) is 0 Å². The molecule has 0 saturated carbocycles. The molecular formula is C21H26N6O3. The van der Waals surface area contributed by atoms with Crippen molar-refractivity contribution in [2.75, 3.05) is 11.9 Å². The van der Waals surface area contributed by atoms with E-state index in [-0.39, 0.29) is 18.2 Å². The SMILES string of the molecule is CC(C)(C)C1C(C#N)C(n2cc(C(N)=O)c(Nc3ccccc3)n2)CCN1C(=O)O. The van der Waals surface area contributed by atoms with Crippen molar-refractivity contribution in [2.45, 2.75) is 39.3 Å². The summed E-state index contributed by atoms with van der Waals surface area (Å²) < 4.78 is 1.58. The van der Waals surface area contributed by atoms with E-state index in [4.69, 9.17) is 5.73 Å². The van der Waals surface area contributed by atoms with Crippen LogP contribution in [0.4, 0.5) is 16.3 Å². The van der Waals surface area contributed by atoms with E-state index in [1.165, 1.54) is 4.90 Å². The zero-order valence-electron chi connectivity index (χ0n) is 17.2. The van der Waals surface area contributed by atoms with Crippen molar-refractivity contribution in [3.63, 3.8) is 0 Å². The van der Waals surface area contributed by atoms with Crippen LogP contribution < -0.4 is 11.1 Å². The average Bonchev–Trinajstić information content (AvgIpc) is 3.10. The number of carboxylic acid groups (broad SMARTS) is 1. The molecule has 1 saturated heterocycles. The van der Waals surface area contributed by atoms with Gasteiger partial charge in [0.05, 0.1) is 24.1 Å². The second-order valence-electron chi connectivity index (χ2n) is 8.52. The number of nitrogens with one attached hydrogen (secondary N) is 1. The first-order valence-corrected chi connectivity index (χ1v) is 9.73. The summed E-state index contributed by atoms with van der Waals surface area (Å²) in [4.78, 5) is 25.1. The van der Waals surface area contributed by atoms with Crippen molar-refractivity contribution in [3.8, 4) is 6.07 Å². The van der Waals surface area contributed by atoms with Gasteiger partial charge in [-0.05, 0) is 24.0 Å². The van der Waals surface area contributed by atoms with Gasteiger partial charge in [0.2, 0.25) is 0 Å². The lowest BCUT2D eigenvalue weighted by molar-refractivity contribution is 0.0153. The van der Waals surface area contributed by atoms with Gasteiger partial charge in [0.1, 0.15) is 5.56 Å². The van der Waals surface area contributed by atoms with Crippen LogP contribution in [-0.2, 0) is 0 Å². The molecule has 3 atom stereocenters. The van der Waals surface area contributed by atoms with Crippen molar-refractivity contribution < 1.29 is 14.7 Å². The summed E-state index contributed by atoms with van der Waals surface area (Å²) in [5.74, 6) is -0.970. The third kappa shape index (κ3) is 4.08. The number of benzene rings is 1. The summed E-state index contributed by atoms with van der Waals surface area (Å²) in [6, 6.07) is 10.6. The van der Waals surface area contributed by atoms with E-state index in [1.54, 1.807) is 10.9 Å². The maximum Gasteiger partial charge on any atom is 0.407 e. The van der Waals surface area contributed by atoms with Crippen molar-refractivity contribution >= 4 is 23.5 Å². The van der Waals surface area contributed by atoms with Crippen LogP contribution in [0.5, 0.6) is 0 Å². The normalized spacial score (nSPS) is 21.7. The van der Waals surface area contributed by atoms with Gasteiger partial charge in [-0.2, -0.15) is 10.4 Å². The summed E-state index contributed by atoms with van der Waals surface area (Å²) in [6.45, 7) is 6.02. The van der Waals surface area contributed by atoms with Gasteiger partial charge in [0.25, 0.3) is 5.91 Å². The zero-order chi connectivity index (χ0) is 22.1. The van der Waals surface area contributed by atoms with Gasteiger partial charge in [-0.3, -0.25) is 9.48 Å². The lowest BCUT2D eigenvalue weighted by Crippen LogP contribution is -2.56. The highest BCUT2D eigenvalue weighted by atomic mass is 16.4. The summed E-state index contributed by atoms with van der Waals surface area (Å²) in [5.41, 5.74) is 6.05. The van der Waals surface area contributed by atoms with E-state index in [0.29, 0.717) is 12.2 Å². The van der Waals surface area contributed by atoms with E-state index < -0.39 is 29.4 Å². The molecule has 0 spiro atoms. The number of anilines is 2. The smallest absolute Gasteiger partial charge is 0.407 e. The van der Waals surface area contributed by atoms with Crippen LogP contribution in [0.1, 0.15) is 43.6 Å². The van der Waals surface area contributed by atoms with Gasteiger partial charge in [-0.25, -0.2) is 4.79 Å². The van der Waals surface area contributed by atoms with Gasteiger partial charge in [-0.15, -0.1) is 0 Å². The van der Waals surface area contributed by atoms with E-state index in [9.17, 15) is 20.0 Å². The average molecular weight is 410 g/mol. The van der Waals surface area contributed by atoms with Gasteiger partial charge in [-0.1, -0.05) is 39.0 Å². The Balaban J connectivity index is 2.00. The number of para-hydroxylation sites is 1. The highest BCUT2D eigenvalue weighted by Crippen LogP contribution is 2.41. The second-order valence-corrected chi connectivity index (χ2v) is 8.52. The standard InChI is InChI=1S/C21H26N6O3/c1-21(2,3)17-14(11-22)16(9-10-26(17)20(29)30)27-12-15(18(23)28)19(25-27)24-13-7-5-4-6-8-13/h4-8,12,14,16-17H,9-10H2,1-3H3,(H2,23,28)(H,24,25)(H,29,30). The van der Waals surface area contributed by atoms with Crippen molar-refractivity contribution in [3.05, 3.63) is 42.1 Å². The fraction of sp³-hybridized carbons (Fsp3) is 0.429. The van der Waals surface area contributed by atoms with E-state index in [2.05, 4.69) is 16.5 Å². The summed E-state index contributed by atoms with van der Waals surface area (Å²) >= 11 is 0. The molecule has 158 valence electrons. The molecule has 4 N–H and O–H groups in total. The van der Waals surface area contributed by atoms with Crippen LogP contribution >= 0.6 is 0 Å². The highest BCUT2D eigenvalue weighted by molar-refractivity contribution is 5.98. The van der Waals surface area contributed by atoms with Crippen LogP contribution in [-0.4, -0.2) is 44.4 Å². The van der Waals surface area contributed by atoms with Crippen molar-refractivity contribution in [1.29, 1.82) is 5.26 Å². The molecule has 3 unspecified atom stereocenters. The Morgan fingerprint density at radius 1 is 1.30 bits per heavy atom. The number of aromatic nitrogens is 2. The molecule has 3 rings (SSSR count). The van der Waals surface area contributed by atoms with Crippen LogP contribution in [0.2, 0.25) is 0 Å². The van der Waals surface area contributed by atoms with Crippen LogP contribution in [0.25, 0.3) is 0 Å². The second kappa shape index (κ2) is 8.06. The Morgan fingerprint density at radius 3 is 2.50 bits per heavy atom. The molecular weight excluding hydrogens is 384 g/mol. The quantitative estimate of drug-likeness (QED) is 0.708. The van der Waals surface area contributed by atoms with Gasteiger partial charge in [0.15, 0.2) is 5.82 Å². The minimum atomic E-state index is -1.04. The molecule has 2 heterocycles. The molecule has 9 nitrogen and oxygen atoms in total. The number of nitrogens with two attached hydrogens (primary N) is 1. The van der Waals surface area contributed by atoms with E-state index in [1.807, 2.05) is 51.1 Å². The summed E-state index contributed by atoms with van der Waals surface area (Å²) in [6.07, 6.45) is 0.902. The first-order chi connectivity index (χ1) is 14.1. The Kier molecular flexibility index (Phi) is 5.69. The fourth-order valence-corrected chi connectivity index (χ4v) is 4.16.